The second-order valence-corrected chi connectivity index (χ2v) is 7.00. The van der Waals surface area contributed by atoms with Crippen molar-refractivity contribution in [1.29, 1.82) is 0 Å². The number of benzene rings is 2. The highest BCUT2D eigenvalue weighted by molar-refractivity contribution is 6.06. The molecule has 154 valence electrons. The molecule has 1 unspecified atom stereocenters. The molecular formula is C22H23N5O3. The number of nitrogens with one attached hydrogen (secondary N) is 2. The smallest absolute Gasteiger partial charge is 0.255 e. The van der Waals surface area contributed by atoms with Gasteiger partial charge in [-0.1, -0.05) is 29.8 Å². The minimum absolute atomic E-state index is 0.236. The third kappa shape index (κ3) is 3.36. The standard InChI is InChI=1S/C22H23N5O3/c1-13-8-10-15(11-9-13)26-21(28)18-14(2)25-22-23-12-24-27(22)19(18)16-6-5-7-17(29-3)20(16)30-4/h5-12,19H,1-4H3,(H,26,28)(H,23,24,25). The lowest BCUT2D eigenvalue weighted by Gasteiger charge is -2.30. The van der Waals surface area contributed by atoms with Crippen LogP contribution in [0.4, 0.5) is 11.6 Å². The van der Waals surface area contributed by atoms with E-state index in [0.717, 1.165) is 11.1 Å². The Kier molecular flexibility index (Phi) is 5.14. The third-order valence-corrected chi connectivity index (χ3v) is 5.08. The van der Waals surface area contributed by atoms with E-state index in [4.69, 9.17) is 9.47 Å². The Morgan fingerprint density at radius 1 is 1.10 bits per heavy atom. The van der Waals surface area contributed by atoms with Gasteiger partial charge in [-0.3, -0.25) is 4.79 Å². The van der Waals surface area contributed by atoms with Gasteiger partial charge in [-0.05, 0) is 32.0 Å². The quantitative estimate of drug-likeness (QED) is 0.675. The van der Waals surface area contributed by atoms with Crippen LogP contribution in [0.5, 0.6) is 11.5 Å². The fourth-order valence-corrected chi connectivity index (χ4v) is 3.64. The number of fused-ring (bicyclic) bond motifs is 1. The summed E-state index contributed by atoms with van der Waals surface area (Å²) in [4.78, 5) is 17.7. The Morgan fingerprint density at radius 2 is 1.87 bits per heavy atom. The largest absolute Gasteiger partial charge is 0.493 e. The fraction of sp³-hybridized carbons (Fsp3) is 0.227. The van der Waals surface area contributed by atoms with Crippen LogP contribution in [0.2, 0.25) is 0 Å². The van der Waals surface area contributed by atoms with Crippen molar-refractivity contribution >= 4 is 17.5 Å². The summed E-state index contributed by atoms with van der Waals surface area (Å²) in [6.07, 6.45) is 1.45. The van der Waals surface area contributed by atoms with Crippen LogP contribution in [-0.4, -0.2) is 34.9 Å². The maximum Gasteiger partial charge on any atom is 0.255 e. The molecule has 3 aromatic rings. The number of carbonyl (C=O) groups excluding carboxylic acids is 1. The van der Waals surface area contributed by atoms with Crippen LogP contribution in [-0.2, 0) is 4.79 Å². The molecule has 0 fully saturated rings. The van der Waals surface area contributed by atoms with Crippen LogP contribution >= 0.6 is 0 Å². The molecule has 0 spiro atoms. The molecule has 8 heteroatoms. The number of aryl methyl sites for hydroxylation is 1. The molecule has 2 aromatic carbocycles. The molecule has 1 atom stereocenters. The molecule has 1 amide bonds. The molecule has 0 saturated heterocycles. The number of amides is 1. The number of hydrogen-bond donors (Lipinski definition) is 2. The number of allylic oxidation sites excluding steroid dienone is 1. The lowest BCUT2D eigenvalue weighted by Crippen LogP contribution is -2.31. The molecule has 1 aliphatic heterocycles. The zero-order chi connectivity index (χ0) is 21.3. The van der Waals surface area contributed by atoms with E-state index in [1.54, 1.807) is 18.9 Å². The topological polar surface area (TPSA) is 90.3 Å². The maximum absolute atomic E-state index is 13.4. The number of para-hydroxylation sites is 1. The minimum Gasteiger partial charge on any atom is -0.493 e. The van der Waals surface area contributed by atoms with E-state index in [9.17, 15) is 4.79 Å². The number of nitrogens with zero attached hydrogens (tertiary/aromatic N) is 3. The minimum atomic E-state index is -0.542. The summed E-state index contributed by atoms with van der Waals surface area (Å²) in [7, 11) is 3.16. The highest BCUT2D eigenvalue weighted by Gasteiger charge is 2.35. The van der Waals surface area contributed by atoms with Gasteiger partial charge >= 0.3 is 0 Å². The van der Waals surface area contributed by atoms with Crippen molar-refractivity contribution < 1.29 is 14.3 Å². The van der Waals surface area contributed by atoms with E-state index in [1.807, 2.05) is 56.3 Å². The van der Waals surface area contributed by atoms with Crippen LogP contribution in [0, 0.1) is 6.92 Å². The molecule has 0 aliphatic carbocycles. The number of ether oxygens (including phenoxy) is 2. The molecule has 8 nitrogen and oxygen atoms in total. The van der Waals surface area contributed by atoms with Crippen LogP contribution in [0.3, 0.4) is 0 Å². The van der Waals surface area contributed by atoms with Crippen molar-refractivity contribution in [2.24, 2.45) is 0 Å². The van der Waals surface area contributed by atoms with Gasteiger partial charge in [-0.25, -0.2) is 4.68 Å². The van der Waals surface area contributed by atoms with E-state index in [2.05, 4.69) is 20.7 Å². The SMILES string of the molecule is COc1cccc(C2C(C(=O)Nc3ccc(C)cc3)=C(C)Nc3ncnn32)c1OC. The van der Waals surface area contributed by atoms with Gasteiger partial charge in [-0.2, -0.15) is 10.1 Å². The monoisotopic (exact) mass is 405 g/mol. The number of methoxy groups -OCH3 is 2. The van der Waals surface area contributed by atoms with Gasteiger partial charge in [0.05, 0.1) is 19.8 Å². The number of rotatable bonds is 5. The van der Waals surface area contributed by atoms with Crippen LogP contribution in [0.15, 0.2) is 60.1 Å². The molecule has 30 heavy (non-hydrogen) atoms. The van der Waals surface area contributed by atoms with Crippen LogP contribution in [0.25, 0.3) is 0 Å². The van der Waals surface area contributed by atoms with Crippen LogP contribution < -0.4 is 20.1 Å². The van der Waals surface area contributed by atoms with E-state index < -0.39 is 6.04 Å². The van der Waals surface area contributed by atoms with Crippen molar-refractivity contribution in [3.05, 3.63) is 71.2 Å². The molecule has 0 radical (unpaired) electrons. The highest BCUT2D eigenvalue weighted by atomic mass is 16.5. The summed E-state index contributed by atoms with van der Waals surface area (Å²) in [5.41, 5.74) is 3.79. The second-order valence-electron chi connectivity index (χ2n) is 7.00. The predicted molar refractivity (Wildman–Crippen MR) is 114 cm³/mol. The van der Waals surface area contributed by atoms with E-state index >= 15 is 0 Å². The number of anilines is 2. The zero-order valence-corrected chi connectivity index (χ0v) is 17.3. The van der Waals surface area contributed by atoms with E-state index in [1.165, 1.54) is 6.33 Å². The Morgan fingerprint density at radius 3 is 2.57 bits per heavy atom. The first-order valence-electron chi connectivity index (χ1n) is 9.49. The first-order valence-corrected chi connectivity index (χ1v) is 9.49. The summed E-state index contributed by atoms with van der Waals surface area (Å²) >= 11 is 0. The van der Waals surface area contributed by atoms with Gasteiger partial charge in [0, 0.05) is 16.9 Å². The van der Waals surface area contributed by atoms with Gasteiger partial charge in [0.15, 0.2) is 11.5 Å². The highest BCUT2D eigenvalue weighted by Crippen LogP contribution is 2.42. The van der Waals surface area contributed by atoms with Crippen molar-refractivity contribution in [3.8, 4) is 11.5 Å². The summed E-state index contributed by atoms with van der Waals surface area (Å²) in [5, 5.41) is 10.5. The summed E-state index contributed by atoms with van der Waals surface area (Å²) < 4.78 is 12.8. The summed E-state index contributed by atoms with van der Waals surface area (Å²) in [5.74, 6) is 1.43. The van der Waals surface area contributed by atoms with Gasteiger partial charge in [0.25, 0.3) is 5.91 Å². The van der Waals surface area contributed by atoms with Crippen molar-refractivity contribution in [3.63, 3.8) is 0 Å². The Hall–Kier alpha value is -3.81. The van der Waals surface area contributed by atoms with Gasteiger partial charge in [0.2, 0.25) is 5.95 Å². The summed E-state index contributed by atoms with van der Waals surface area (Å²) in [6.45, 7) is 3.85. The van der Waals surface area contributed by atoms with E-state index in [-0.39, 0.29) is 5.91 Å². The van der Waals surface area contributed by atoms with E-state index in [0.29, 0.717) is 34.4 Å². The predicted octanol–water partition coefficient (Wildman–Crippen LogP) is 3.53. The summed E-state index contributed by atoms with van der Waals surface area (Å²) in [6, 6.07) is 12.7. The normalized spacial score (nSPS) is 15.3. The van der Waals surface area contributed by atoms with Crippen molar-refractivity contribution in [2.45, 2.75) is 19.9 Å². The van der Waals surface area contributed by atoms with Gasteiger partial charge in [-0.15, -0.1) is 0 Å². The Labute approximate surface area is 174 Å². The average molecular weight is 405 g/mol. The van der Waals surface area contributed by atoms with Crippen molar-refractivity contribution in [2.75, 3.05) is 24.9 Å². The third-order valence-electron chi connectivity index (χ3n) is 5.08. The zero-order valence-electron chi connectivity index (χ0n) is 17.3. The molecule has 1 aliphatic rings. The molecule has 4 rings (SSSR count). The molecule has 0 bridgehead atoms. The fourth-order valence-electron chi connectivity index (χ4n) is 3.64. The van der Waals surface area contributed by atoms with Gasteiger partial charge < -0.3 is 20.1 Å². The molecular weight excluding hydrogens is 382 g/mol. The first-order chi connectivity index (χ1) is 14.5. The second kappa shape index (κ2) is 7.90. The number of aromatic nitrogens is 3. The Balaban J connectivity index is 1.82. The lowest BCUT2D eigenvalue weighted by atomic mass is 9.94. The Bertz CT molecular complexity index is 1120. The van der Waals surface area contributed by atoms with Crippen molar-refractivity contribution in [1.82, 2.24) is 14.8 Å². The van der Waals surface area contributed by atoms with Gasteiger partial charge in [0.1, 0.15) is 12.4 Å². The number of carbonyl (C=O) groups is 1. The molecule has 2 heterocycles. The van der Waals surface area contributed by atoms with Crippen LogP contribution in [0.1, 0.15) is 24.1 Å². The maximum atomic E-state index is 13.4. The molecule has 2 N–H and O–H groups in total. The molecule has 0 saturated carbocycles. The average Bonchev–Trinajstić information content (AvgIpc) is 3.21. The molecule has 1 aromatic heterocycles. The lowest BCUT2D eigenvalue weighted by molar-refractivity contribution is -0.113. The first kappa shape index (κ1) is 19.5. The number of hydrogen-bond acceptors (Lipinski definition) is 6.